The van der Waals surface area contributed by atoms with Crippen molar-refractivity contribution in [3.05, 3.63) is 22.9 Å². The Balaban J connectivity index is 2.47. The van der Waals surface area contributed by atoms with Crippen molar-refractivity contribution in [3.63, 3.8) is 0 Å². The Morgan fingerprint density at radius 2 is 2.40 bits per heavy atom. The molecule has 2 unspecified atom stereocenters. The quantitative estimate of drug-likeness (QED) is 0.906. The van der Waals surface area contributed by atoms with Crippen LogP contribution in [0.3, 0.4) is 0 Å². The number of hydrogen-bond acceptors (Lipinski definition) is 3. The molecule has 5 heteroatoms. The zero-order valence-electron chi connectivity index (χ0n) is 8.87. The van der Waals surface area contributed by atoms with E-state index in [-0.39, 0.29) is 0 Å². The van der Waals surface area contributed by atoms with Gasteiger partial charge < -0.3 is 5.32 Å². The number of hydrogen-bond donors (Lipinski definition) is 1. The fraction of sp³-hybridized carbons (Fsp3) is 0.500. The molecular formula is C10H15BrN2OS. The number of halogens is 1. The summed E-state index contributed by atoms with van der Waals surface area (Å²) in [6, 6.07) is 2.23. The van der Waals surface area contributed by atoms with Gasteiger partial charge in [0.1, 0.15) is 0 Å². The van der Waals surface area contributed by atoms with Crippen LogP contribution in [0.25, 0.3) is 0 Å². The van der Waals surface area contributed by atoms with Crippen LogP contribution in [0.2, 0.25) is 0 Å². The Morgan fingerprint density at radius 3 is 3.00 bits per heavy atom. The van der Waals surface area contributed by atoms with E-state index in [0.29, 0.717) is 6.04 Å². The fourth-order valence-electron chi connectivity index (χ4n) is 1.17. The number of pyridine rings is 1. The third kappa shape index (κ3) is 4.75. The maximum absolute atomic E-state index is 10.9. The normalized spacial score (nSPS) is 14.6. The van der Waals surface area contributed by atoms with E-state index in [1.165, 1.54) is 0 Å². The highest BCUT2D eigenvalue weighted by molar-refractivity contribution is 9.10. The minimum atomic E-state index is -0.714. The molecule has 0 saturated heterocycles. The zero-order chi connectivity index (χ0) is 11.3. The first-order valence-corrected chi connectivity index (χ1v) is 7.27. The van der Waals surface area contributed by atoms with E-state index in [9.17, 15) is 4.21 Å². The molecule has 0 spiro atoms. The maximum atomic E-state index is 10.9. The Kier molecular flexibility index (Phi) is 5.25. The van der Waals surface area contributed by atoms with E-state index in [2.05, 4.69) is 33.2 Å². The molecule has 1 rings (SSSR count). The van der Waals surface area contributed by atoms with Gasteiger partial charge in [0.15, 0.2) is 0 Å². The van der Waals surface area contributed by atoms with Crippen LogP contribution in [0, 0.1) is 0 Å². The number of rotatable bonds is 5. The van der Waals surface area contributed by atoms with Crippen LogP contribution >= 0.6 is 15.9 Å². The molecule has 1 N–H and O–H groups in total. The first-order valence-electron chi connectivity index (χ1n) is 4.75. The Bertz CT molecular complexity index is 346. The summed E-state index contributed by atoms with van der Waals surface area (Å²) in [5.41, 5.74) is 1.03. The molecule has 0 radical (unpaired) electrons. The van der Waals surface area contributed by atoms with Crippen molar-refractivity contribution in [1.29, 1.82) is 0 Å². The molecule has 3 nitrogen and oxygen atoms in total. The number of aromatic nitrogens is 1. The van der Waals surface area contributed by atoms with Crippen molar-refractivity contribution in [2.24, 2.45) is 0 Å². The second-order valence-electron chi connectivity index (χ2n) is 3.47. The molecule has 0 saturated carbocycles. The van der Waals surface area contributed by atoms with Crippen LogP contribution < -0.4 is 5.32 Å². The highest BCUT2D eigenvalue weighted by Crippen LogP contribution is 2.21. The summed E-state index contributed by atoms with van der Waals surface area (Å²) in [5, 5.41) is 3.34. The van der Waals surface area contributed by atoms with Gasteiger partial charge in [0, 0.05) is 41.2 Å². The molecule has 0 bridgehead atoms. The molecule has 1 heterocycles. The lowest BCUT2D eigenvalue weighted by molar-refractivity contribution is 0.678. The molecule has 84 valence electrons. The van der Waals surface area contributed by atoms with Crippen LogP contribution in [-0.4, -0.2) is 27.2 Å². The van der Waals surface area contributed by atoms with E-state index < -0.39 is 10.8 Å². The predicted octanol–water partition coefficient (Wildman–Crippen LogP) is 2.41. The van der Waals surface area contributed by atoms with E-state index in [1.807, 2.05) is 6.07 Å². The van der Waals surface area contributed by atoms with Crippen LogP contribution in [0.1, 0.15) is 13.3 Å². The predicted molar refractivity (Wildman–Crippen MR) is 68.6 cm³/mol. The molecule has 0 aliphatic heterocycles. The first-order chi connectivity index (χ1) is 7.09. The van der Waals surface area contributed by atoms with Gasteiger partial charge >= 0.3 is 0 Å². The van der Waals surface area contributed by atoms with Gasteiger partial charge in [-0.3, -0.25) is 9.19 Å². The highest BCUT2D eigenvalue weighted by atomic mass is 79.9. The summed E-state index contributed by atoms with van der Waals surface area (Å²) in [6.07, 6.45) is 6.14. The summed E-state index contributed by atoms with van der Waals surface area (Å²) < 4.78 is 11.9. The van der Waals surface area contributed by atoms with E-state index in [4.69, 9.17) is 0 Å². The van der Waals surface area contributed by atoms with Crippen molar-refractivity contribution in [2.45, 2.75) is 19.4 Å². The lowest BCUT2D eigenvalue weighted by Gasteiger charge is -2.15. The number of nitrogens with zero attached hydrogens (tertiary/aromatic N) is 1. The lowest BCUT2D eigenvalue weighted by atomic mass is 10.2. The third-order valence-corrected chi connectivity index (χ3v) is 3.46. The monoisotopic (exact) mass is 290 g/mol. The van der Waals surface area contributed by atoms with Gasteiger partial charge in [-0.05, 0) is 35.3 Å². The second kappa shape index (κ2) is 6.23. The SMILES string of the molecule is CC(CCS(C)=O)Nc1ccncc1Br. The molecule has 0 aromatic carbocycles. The summed E-state index contributed by atoms with van der Waals surface area (Å²) in [4.78, 5) is 3.99. The molecule has 0 aliphatic carbocycles. The van der Waals surface area contributed by atoms with Gasteiger partial charge in [0.2, 0.25) is 0 Å². The Hall–Kier alpha value is -0.420. The first kappa shape index (κ1) is 12.6. The molecule has 0 aliphatic rings. The third-order valence-electron chi connectivity index (χ3n) is 2.01. The van der Waals surface area contributed by atoms with Gasteiger partial charge in [-0.2, -0.15) is 0 Å². The summed E-state index contributed by atoms with van der Waals surface area (Å²) >= 11 is 3.42. The molecule has 0 fully saturated rings. The Morgan fingerprint density at radius 1 is 1.67 bits per heavy atom. The average molecular weight is 291 g/mol. The Labute approximate surface area is 101 Å². The molecule has 2 atom stereocenters. The largest absolute Gasteiger partial charge is 0.382 e. The summed E-state index contributed by atoms with van der Waals surface area (Å²) in [5.74, 6) is 0.733. The van der Waals surface area contributed by atoms with Crippen LogP contribution in [-0.2, 0) is 10.8 Å². The van der Waals surface area contributed by atoms with Crippen LogP contribution in [0.4, 0.5) is 5.69 Å². The van der Waals surface area contributed by atoms with Crippen molar-refractivity contribution in [3.8, 4) is 0 Å². The van der Waals surface area contributed by atoms with Crippen molar-refractivity contribution >= 4 is 32.4 Å². The second-order valence-corrected chi connectivity index (χ2v) is 5.88. The van der Waals surface area contributed by atoms with Crippen LogP contribution in [0.15, 0.2) is 22.9 Å². The van der Waals surface area contributed by atoms with Crippen molar-refractivity contribution in [1.82, 2.24) is 4.98 Å². The number of nitrogens with one attached hydrogen (secondary N) is 1. The standard InChI is InChI=1S/C10H15BrN2OS/c1-8(4-6-15(2)14)13-10-3-5-12-7-9(10)11/h3,5,7-8H,4,6H2,1-2H3,(H,12,13). The fourth-order valence-corrected chi connectivity index (χ4v) is 2.22. The smallest absolute Gasteiger partial charge is 0.0590 e. The zero-order valence-corrected chi connectivity index (χ0v) is 11.3. The molecule has 0 amide bonds. The minimum absolute atomic E-state index is 0.313. The van der Waals surface area contributed by atoms with Gasteiger partial charge in [-0.1, -0.05) is 0 Å². The lowest BCUT2D eigenvalue weighted by Crippen LogP contribution is -2.18. The summed E-state index contributed by atoms with van der Waals surface area (Å²) in [6.45, 7) is 2.08. The topological polar surface area (TPSA) is 42.0 Å². The van der Waals surface area contributed by atoms with Gasteiger partial charge in [-0.15, -0.1) is 0 Å². The highest BCUT2D eigenvalue weighted by Gasteiger charge is 2.05. The summed E-state index contributed by atoms with van der Waals surface area (Å²) in [7, 11) is -0.714. The molecule has 15 heavy (non-hydrogen) atoms. The van der Waals surface area contributed by atoms with Crippen molar-refractivity contribution in [2.75, 3.05) is 17.3 Å². The minimum Gasteiger partial charge on any atom is -0.382 e. The molecule has 1 aromatic heterocycles. The molecule has 1 aromatic rings. The van der Waals surface area contributed by atoms with E-state index in [1.54, 1.807) is 18.6 Å². The van der Waals surface area contributed by atoms with Gasteiger partial charge in [0.05, 0.1) is 10.2 Å². The van der Waals surface area contributed by atoms with E-state index >= 15 is 0 Å². The van der Waals surface area contributed by atoms with Gasteiger partial charge in [-0.25, -0.2) is 0 Å². The van der Waals surface area contributed by atoms with E-state index in [0.717, 1.165) is 22.3 Å². The van der Waals surface area contributed by atoms with Crippen LogP contribution in [0.5, 0.6) is 0 Å². The van der Waals surface area contributed by atoms with Crippen molar-refractivity contribution < 1.29 is 4.21 Å². The van der Waals surface area contributed by atoms with Gasteiger partial charge in [0.25, 0.3) is 0 Å². The molecular weight excluding hydrogens is 276 g/mol. The average Bonchev–Trinajstić information content (AvgIpc) is 2.18. The number of anilines is 1. The maximum Gasteiger partial charge on any atom is 0.0590 e.